The number of aliphatic hydroxyl groups excluding tert-OH is 2. The highest BCUT2D eigenvalue weighted by atomic mass is 35.5. The number of aromatic nitrogens is 4. The molecule has 0 radical (unpaired) electrons. The van der Waals surface area contributed by atoms with Crippen LogP contribution < -0.4 is 5.73 Å². The summed E-state index contributed by atoms with van der Waals surface area (Å²) < 4.78 is 7.32. The van der Waals surface area contributed by atoms with Gasteiger partial charge < -0.3 is 25.8 Å². The highest BCUT2D eigenvalue weighted by Gasteiger charge is 2.52. The Morgan fingerprint density at radius 3 is 2.56 bits per heavy atom. The zero-order valence-electron chi connectivity index (χ0n) is 14.3. The molecule has 3 aromatic rings. The summed E-state index contributed by atoms with van der Waals surface area (Å²) in [5.41, 5.74) is 5.41. The zero-order valence-corrected chi connectivity index (χ0v) is 15.0. The molecule has 0 spiro atoms. The molecular weight excluding hydrogens is 374 g/mol. The summed E-state index contributed by atoms with van der Waals surface area (Å²) in [4.78, 5) is 12.1. The van der Waals surface area contributed by atoms with Gasteiger partial charge in [0.25, 0.3) is 0 Å². The maximum Gasteiger partial charge on any atom is 0.167 e. The van der Waals surface area contributed by atoms with E-state index in [1.165, 1.54) is 24.1 Å². The topological polar surface area (TPSA) is 140 Å². The maximum absolute atomic E-state index is 11.0. The van der Waals surface area contributed by atoms with Gasteiger partial charge in [-0.05, 0) is 24.6 Å². The van der Waals surface area contributed by atoms with Crippen molar-refractivity contribution in [1.29, 1.82) is 0 Å². The van der Waals surface area contributed by atoms with E-state index in [1.807, 2.05) is 0 Å². The van der Waals surface area contributed by atoms with Crippen LogP contribution in [0.2, 0.25) is 5.02 Å². The smallest absolute Gasteiger partial charge is 0.167 e. The van der Waals surface area contributed by atoms with E-state index in [0.717, 1.165) is 0 Å². The summed E-state index contributed by atoms with van der Waals surface area (Å²) >= 11 is 5.90. The number of nitrogens with two attached hydrogens (primary N) is 1. The molecule has 1 aliphatic heterocycles. The van der Waals surface area contributed by atoms with Gasteiger partial charge in [-0.15, -0.1) is 0 Å². The van der Waals surface area contributed by atoms with Crippen molar-refractivity contribution in [2.45, 2.75) is 37.1 Å². The van der Waals surface area contributed by atoms with Crippen LogP contribution in [0.15, 0.2) is 36.9 Å². The van der Waals surface area contributed by atoms with Gasteiger partial charge in [-0.1, -0.05) is 23.7 Å². The van der Waals surface area contributed by atoms with Gasteiger partial charge in [0.2, 0.25) is 0 Å². The summed E-state index contributed by atoms with van der Waals surface area (Å²) in [6.45, 7) is 1.51. The number of aliphatic hydroxyl groups is 3. The summed E-state index contributed by atoms with van der Waals surface area (Å²) in [6.07, 6.45) is -2.11. The molecule has 4 rings (SSSR count). The summed E-state index contributed by atoms with van der Waals surface area (Å²) in [6, 6.07) is 6.53. The van der Waals surface area contributed by atoms with Gasteiger partial charge in [-0.2, -0.15) is 0 Å². The lowest BCUT2D eigenvalue weighted by Crippen LogP contribution is -2.45. The molecule has 1 saturated heterocycles. The van der Waals surface area contributed by atoms with Gasteiger partial charge in [-0.3, -0.25) is 4.57 Å². The third kappa shape index (κ3) is 2.84. The molecule has 5 N–H and O–H groups in total. The minimum atomic E-state index is -1.58. The van der Waals surface area contributed by atoms with E-state index in [2.05, 4.69) is 15.0 Å². The molecule has 0 amide bonds. The lowest BCUT2D eigenvalue weighted by Gasteiger charge is -2.32. The Bertz CT molecular complexity index is 977. The van der Waals surface area contributed by atoms with Gasteiger partial charge in [0.1, 0.15) is 35.8 Å². The lowest BCUT2D eigenvalue weighted by atomic mass is 9.87. The van der Waals surface area contributed by atoms with E-state index < -0.39 is 30.1 Å². The van der Waals surface area contributed by atoms with Gasteiger partial charge in [0, 0.05) is 5.02 Å². The number of ether oxygens (including phenoxy) is 1. The summed E-state index contributed by atoms with van der Waals surface area (Å²) in [5, 5.41) is 32.6. The van der Waals surface area contributed by atoms with Gasteiger partial charge >= 0.3 is 0 Å². The Hall–Kier alpha value is -2.30. The van der Waals surface area contributed by atoms with Crippen LogP contribution in [0.3, 0.4) is 0 Å². The first kappa shape index (κ1) is 18.1. The Labute approximate surface area is 159 Å². The second-order valence-electron chi connectivity index (χ2n) is 6.67. The zero-order chi connectivity index (χ0) is 19.3. The molecule has 0 aliphatic carbocycles. The number of rotatable bonds is 3. The van der Waals surface area contributed by atoms with E-state index >= 15 is 0 Å². The second kappa shape index (κ2) is 6.39. The van der Waals surface area contributed by atoms with Crippen LogP contribution in [0.5, 0.6) is 0 Å². The number of halogens is 1. The first-order valence-corrected chi connectivity index (χ1v) is 8.61. The van der Waals surface area contributed by atoms with Gasteiger partial charge in [0.05, 0.1) is 6.33 Å². The Balaban J connectivity index is 1.70. The highest BCUT2D eigenvalue weighted by molar-refractivity contribution is 6.30. The lowest BCUT2D eigenvalue weighted by molar-refractivity contribution is -0.135. The first-order chi connectivity index (χ1) is 12.8. The Morgan fingerprint density at radius 2 is 1.85 bits per heavy atom. The average Bonchev–Trinajstić information content (AvgIpc) is 3.19. The largest absolute Gasteiger partial charge is 0.387 e. The Morgan fingerprint density at radius 1 is 1.15 bits per heavy atom. The molecule has 3 heterocycles. The van der Waals surface area contributed by atoms with Crippen molar-refractivity contribution in [1.82, 2.24) is 19.5 Å². The van der Waals surface area contributed by atoms with Crippen molar-refractivity contribution in [2.24, 2.45) is 0 Å². The molecule has 10 heteroatoms. The molecule has 2 aromatic heterocycles. The molecule has 1 aromatic carbocycles. The summed E-state index contributed by atoms with van der Waals surface area (Å²) in [7, 11) is 0. The number of benzene rings is 1. The first-order valence-electron chi connectivity index (χ1n) is 8.23. The predicted molar refractivity (Wildman–Crippen MR) is 96.7 cm³/mol. The monoisotopic (exact) mass is 391 g/mol. The fourth-order valence-corrected chi connectivity index (χ4v) is 3.49. The van der Waals surface area contributed by atoms with Crippen molar-refractivity contribution in [2.75, 3.05) is 5.73 Å². The number of hydrogen-bond acceptors (Lipinski definition) is 8. The Kier molecular flexibility index (Phi) is 4.28. The molecule has 1 aliphatic rings. The van der Waals surface area contributed by atoms with Crippen LogP contribution in [-0.4, -0.2) is 53.2 Å². The number of nitrogens with zero attached hydrogens (tertiary/aromatic N) is 4. The van der Waals surface area contributed by atoms with Crippen LogP contribution in [0.25, 0.3) is 11.2 Å². The predicted octanol–water partition coefficient (Wildman–Crippen LogP) is 0.589. The standard InChI is InChI=1S/C17H18ClN5O4/c1-17(26,8-2-4-9(18)5-3-8)13-11(24)12(25)16(27-13)23-7-22-10-14(19)20-6-21-15(10)23/h2-7,11-13,16,24-26H,1H3,(H2,19,20,21)/t11-,12+,13-,16+,17?/m0/s1. The number of anilines is 1. The molecule has 27 heavy (non-hydrogen) atoms. The minimum Gasteiger partial charge on any atom is -0.387 e. The van der Waals surface area contributed by atoms with Crippen molar-refractivity contribution < 1.29 is 20.1 Å². The average molecular weight is 392 g/mol. The fraction of sp³-hybridized carbons (Fsp3) is 0.353. The highest BCUT2D eigenvalue weighted by Crippen LogP contribution is 2.40. The second-order valence-corrected chi connectivity index (χ2v) is 7.10. The third-order valence-corrected chi connectivity index (χ3v) is 5.13. The molecule has 1 unspecified atom stereocenters. The van der Waals surface area contributed by atoms with E-state index in [1.54, 1.807) is 24.3 Å². The van der Waals surface area contributed by atoms with E-state index in [4.69, 9.17) is 22.1 Å². The van der Waals surface area contributed by atoms with Gasteiger partial charge in [0.15, 0.2) is 17.7 Å². The number of imidazole rings is 1. The molecule has 9 nitrogen and oxygen atoms in total. The van der Waals surface area contributed by atoms with Crippen molar-refractivity contribution in [3.63, 3.8) is 0 Å². The molecule has 0 saturated carbocycles. The van der Waals surface area contributed by atoms with E-state index in [-0.39, 0.29) is 5.82 Å². The number of nitrogen functional groups attached to an aromatic ring is 1. The maximum atomic E-state index is 11.0. The van der Waals surface area contributed by atoms with Crippen LogP contribution in [0.1, 0.15) is 18.7 Å². The molecule has 0 bridgehead atoms. The van der Waals surface area contributed by atoms with Crippen molar-refractivity contribution in [3.05, 3.63) is 47.5 Å². The third-order valence-electron chi connectivity index (χ3n) is 4.88. The number of fused-ring (bicyclic) bond motifs is 1. The number of hydrogen-bond donors (Lipinski definition) is 4. The van der Waals surface area contributed by atoms with Crippen LogP contribution in [0, 0.1) is 0 Å². The van der Waals surface area contributed by atoms with Gasteiger partial charge in [-0.25, -0.2) is 15.0 Å². The normalized spacial score (nSPS) is 27.7. The van der Waals surface area contributed by atoms with Crippen LogP contribution >= 0.6 is 11.6 Å². The molecule has 5 atom stereocenters. The van der Waals surface area contributed by atoms with Crippen molar-refractivity contribution in [3.8, 4) is 0 Å². The SMILES string of the molecule is CC(O)(c1ccc(Cl)cc1)[C@H]1O[C@@H](n2cnc3c(N)ncnc32)[C@H](O)[C@@H]1O. The molecule has 142 valence electrons. The van der Waals surface area contributed by atoms with Crippen molar-refractivity contribution >= 4 is 28.6 Å². The minimum absolute atomic E-state index is 0.191. The van der Waals surface area contributed by atoms with E-state index in [9.17, 15) is 15.3 Å². The van der Waals surface area contributed by atoms with Crippen LogP contribution in [0.4, 0.5) is 5.82 Å². The molecular formula is C17H18ClN5O4. The van der Waals surface area contributed by atoms with E-state index in [0.29, 0.717) is 21.7 Å². The quantitative estimate of drug-likeness (QED) is 0.508. The summed E-state index contributed by atoms with van der Waals surface area (Å²) in [5.74, 6) is 0.191. The van der Waals surface area contributed by atoms with Crippen LogP contribution in [-0.2, 0) is 10.3 Å². The fourth-order valence-electron chi connectivity index (χ4n) is 3.36. The molecule has 1 fully saturated rings.